The van der Waals surface area contributed by atoms with Crippen molar-refractivity contribution in [3.05, 3.63) is 0 Å². The van der Waals surface area contributed by atoms with Crippen LogP contribution in [0.5, 0.6) is 0 Å². The monoisotopic (exact) mass is 618 g/mol. The van der Waals surface area contributed by atoms with Gasteiger partial charge in [0.15, 0.2) is 5.41 Å². The van der Waals surface area contributed by atoms with Crippen LogP contribution in [0.4, 0.5) is 26.3 Å². The molecule has 6 fully saturated rings. The Morgan fingerprint density at radius 2 is 0.767 bits per heavy atom. The van der Waals surface area contributed by atoms with Gasteiger partial charge in [-0.3, -0.25) is 29.0 Å². The Hall–Kier alpha value is -2.14. The Morgan fingerprint density at radius 3 is 1.09 bits per heavy atom. The Balaban J connectivity index is 1.30. The second-order valence-electron chi connectivity index (χ2n) is 14.0. The number of nitrogens with zero attached hydrogens (tertiary/aromatic N) is 2. The highest BCUT2D eigenvalue weighted by Crippen LogP contribution is 2.67. The van der Waals surface area contributed by atoms with E-state index in [1.165, 1.54) is 0 Å². The Labute approximate surface area is 247 Å². The van der Waals surface area contributed by atoms with E-state index in [1.54, 1.807) is 0 Å². The number of imide groups is 2. The van der Waals surface area contributed by atoms with Crippen molar-refractivity contribution in [2.75, 3.05) is 0 Å². The highest BCUT2D eigenvalue weighted by molar-refractivity contribution is 6.06. The van der Waals surface area contributed by atoms with Crippen molar-refractivity contribution in [1.82, 2.24) is 9.80 Å². The fraction of sp³-hybridized carbons (Fsp3) is 0.871. The molecule has 6 rings (SSSR count). The molecule has 0 bridgehead atoms. The summed E-state index contributed by atoms with van der Waals surface area (Å²) in [5.74, 6) is -10.3. The molecule has 43 heavy (non-hydrogen) atoms. The molecule has 4 amide bonds. The lowest BCUT2D eigenvalue weighted by atomic mass is 9.54. The summed E-state index contributed by atoms with van der Waals surface area (Å²) in [6.07, 6.45) is -6.54. The maximum Gasteiger partial charge on any atom is 0.403 e. The Bertz CT molecular complexity index is 1050. The number of rotatable bonds is 4. The average molecular weight is 619 g/mol. The minimum atomic E-state index is -5.70. The zero-order chi connectivity index (χ0) is 30.9. The van der Waals surface area contributed by atoms with E-state index in [4.69, 9.17) is 0 Å². The van der Waals surface area contributed by atoms with Gasteiger partial charge in [0, 0.05) is 12.1 Å². The van der Waals surface area contributed by atoms with Gasteiger partial charge in [0.1, 0.15) is 0 Å². The van der Waals surface area contributed by atoms with Gasteiger partial charge in [-0.15, -0.1) is 0 Å². The molecule has 6 atom stereocenters. The fourth-order valence-electron chi connectivity index (χ4n) is 10.1. The molecule has 0 N–H and O–H groups in total. The molecule has 12 heteroatoms. The molecule has 0 radical (unpaired) electrons. The SMILES string of the molecule is O=C1C2CCC(C(C3CCC4C(=O)N(C5CCCCC5)C(=O)C4C3)(C(F)(F)F)C(F)(F)F)CC2C(=O)N1C1CCCCC1. The van der Waals surface area contributed by atoms with E-state index >= 15 is 26.3 Å². The summed E-state index contributed by atoms with van der Waals surface area (Å²) in [4.78, 5) is 55.7. The van der Waals surface area contributed by atoms with Crippen LogP contribution in [0.2, 0.25) is 0 Å². The lowest BCUT2D eigenvalue weighted by molar-refractivity contribution is -0.383. The highest BCUT2D eigenvalue weighted by atomic mass is 19.4. The summed E-state index contributed by atoms with van der Waals surface area (Å²) in [5.41, 5.74) is -4.14. The molecule has 0 aromatic carbocycles. The average Bonchev–Trinajstić information content (AvgIpc) is 3.36. The van der Waals surface area contributed by atoms with Gasteiger partial charge in [0.25, 0.3) is 0 Å². The van der Waals surface area contributed by atoms with E-state index in [0.29, 0.717) is 25.7 Å². The highest BCUT2D eigenvalue weighted by Gasteiger charge is 2.78. The standard InChI is InChI=1S/C31H40F6N2O4/c32-30(33,34)29(31(35,36)37,17-11-13-21-23(15-17)27(42)38(25(21)40)19-7-3-1-4-8-19)18-12-14-22-24(16-18)28(43)39(26(22)41)20-9-5-2-6-10-20/h17-24H,1-16H2. The number of fused-ring (bicyclic) bond motifs is 2. The van der Waals surface area contributed by atoms with Gasteiger partial charge in [0.05, 0.1) is 23.7 Å². The molecular weight excluding hydrogens is 578 g/mol. The number of alkyl halides is 6. The minimum Gasteiger partial charge on any atom is -0.279 e. The maximum absolute atomic E-state index is 15.2. The van der Waals surface area contributed by atoms with Gasteiger partial charge in [-0.05, 0) is 76.0 Å². The van der Waals surface area contributed by atoms with Crippen LogP contribution >= 0.6 is 0 Å². The van der Waals surface area contributed by atoms with Crippen LogP contribution in [0.15, 0.2) is 0 Å². The quantitative estimate of drug-likeness (QED) is 0.264. The van der Waals surface area contributed by atoms with E-state index in [9.17, 15) is 19.2 Å². The number of likely N-dealkylation sites (tertiary alicyclic amines) is 2. The first-order valence-corrected chi connectivity index (χ1v) is 16.2. The molecular formula is C31H40F6N2O4. The summed E-state index contributed by atoms with van der Waals surface area (Å²) in [6.45, 7) is 0. The molecule has 6 unspecified atom stereocenters. The number of amides is 4. The first-order chi connectivity index (χ1) is 20.3. The number of carbonyl (C=O) groups excluding carboxylic acids is 4. The van der Waals surface area contributed by atoms with E-state index in [1.807, 2.05) is 0 Å². The van der Waals surface area contributed by atoms with E-state index in [-0.39, 0.29) is 24.9 Å². The number of halogens is 6. The number of hydrogen-bond donors (Lipinski definition) is 0. The van der Waals surface area contributed by atoms with Crippen LogP contribution in [0.3, 0.4) is 0 Å². The predicted molar refractivity (Wildman–Crippen MR) is 141 cm³/mol. The van der Waals surface area contributed by atoms with Crippen LogP contribution in [0, 0.1) is 40.9 Å². The molecule has 6 aliphatic rings. The topological polar surface area (TPSA) is 74.8 Å². The summed E-state index contributed by atoms with van der Waals surface area (Å²) in [5, 5.41) is 0. The largest absolute Gasteiger partial charge is 0.403 e. The van der Waals surface area contributed by atoms with Crippen molar-refractivity contribution >= 4 is 23.6 Å². The molecule has 2 aliphatic heterocycles. The van der Waals surface area contributed by atoms with Crippen molar-refractivity contribution in [3.8, 4) is 0 Å². The lowest BCUT2D eigenvalue weighted by Crippen LogP contribution is -2.61. The molecule has 2 heterocycles. The van der Waals surface area contributed by atoms with Gasteiger partial charge >= 0.3 is 12.4 Å². The second-order valence-corrected chi connectivity index (χ2v) is 14.0. The van der Waals surface area contributed by atoms with E-state index in [0.717, 1.165) is 48.3 Å². The normalized spacial score (nSPS) is 35.5. The molecule has 4 aliphatic carbocycles. The van der Waals surface area contributed by atoms with Crippen molar-refractivity contribution in [1.29, 1.82) is 0 Å². The summed E-state index contributed by atoms with van der Waals surface area (Å²) < 4.78 is 91.0. The molecule has 0 aromatic heterocycles. The van der Waals surface area contributed by atoms with Crippen molar-refractivity contribution in [2.24, 2.45) is 40.9 Å². The first-order valence-electron chi connectivity index (χ1n) is 16.2. The molecule has 4 saturated carbocycles. The molecule has 0 aromatic rings. The number of carbonyl (C=O) groups is 4. The molecule has 2 saturated heterocycles. The lowest BCUT2D eigenvalue weighted by Gasteiger charge is -2.52. The zero-order valence-corrected chi connectivity index (χ0v) is 24.2. The molecule has 6 nitrogen and oxygen atoms in total. The van der Waals surface area contributed by atoms with Crippen LogP contribution in [-0.2, 0) is 19.2 Å². The van der Waals surface area contributed by atoms with Crippen LogP contribution in [-0.4, -0.2) is 57.9 Å². The van der Waals surface area contributed by atoms with Gasteiger partial charge < -0.3 is 0 Å². The first kappa shape index (κ1) is 30.9. The van der Waals surface area contributed by atoms with Gasteiger partial charge in [-0.2, -0.15) is 26.3 Å². The summed E-state index contributed by atoms with van der Waals surface area (Å²) in [7, 11) is 0. The van der Waals surface area contributed by atoms with Crippen LogP contribution in [0.25, 0.3) is 0 Å². The van der Waals surface area contributed by atoms with E-state index < -0.39 is 103 Å². The third-order valence-electron chi connectivity index (χ3n) is 12.0. The van der Waals surface area contributed by atoms with Crippen molar-refractivity contribution < 1.29 is 45.5 Å². The smallest absolute Gasteiger partial charge is 0.279 e. The van der Waals surface area contributed by atoms with Crippen molar-refractivity contribution in [2.45, 2.75) is 127 Å². The minimum absolute atomic E-state index is 0.206. The van der Waals surface area contributed by atoms with Gasteiger partial charge in [0.2, 0.25) is 23.6 Å². The van der Waals surface area contributed by atoms with Crippen LogP contribution < -0.4 is 0 Å². The second kappa shape index (κ2) is 11.0. The van der Waals surface area contributed by atoms with Gasteiger partial charge in [-0.25, -0.2) is 0 Å². The third-order valence-corrected chi connectivity index (χ3v) is 12.0. The summed E-state index contributed by atoms with van der Waals surface area (Å²) >= 11 is 0. The molecule has 240 valence electrons. The van der Waals surface area contributed by atoms with Crippen LogP contribution in [0.1, 0.15) is 103 Å². The van der Waals surface area contributed by atoms with Gasteiger partial charge in [-0.1, -0.05) is 38.5 Å². The Kier molecular flexibility index (Phi) is 7.92. The third kappa shape index (κ3) is 4.73. The molecule has 0 spiro atoms. The predicted octanol–water partition coefficient (Wildman–Crippen LogP) is 6.57. The maximum atomic E-state index is 15.2. The summed E-state index contributed by atoms with van der Waals surface area (Å²) in [6, 6.07) is -0.692. The van der Waals surface area contributed by atoms with E-state index in [2.05, 4.69) is 0 Å². The number of hydrogen-bond acceptors (Lipinski definition) is 4. The van der Waals surface area contributed by atoms with Crippen molar-refractivity contribution in [3.63, 3.8) is 0 Å². The fourth-order valence-corrected chi connectivity index (χ4v) is 10.1. The zero-order valence-electron chi connectivity index (χ0n) is 24.2. The Morgan fingerprint density at radius 1 is 0.442 bits per heavy atom.